The summed E-state index contributed by atoms with van der Waals surface area (Å²) in [5.74, 6) is -0.869. The number of pyridine rings is 1. The number of aldehydes is 1. The molecule has 3 atom stereocenters. The van der Waals surface area contributed by atoms with Crippen LogP contribution in [0, 0.1) is 11.8 Å². The van der Waals surface area contributed by atoms with Crippen LogP contribution in [0.5, 0.6) is 0 Å². The van der Waals surface area contributed by atoms with Crippen LogP contribution < -0.4 is 21.5 Å². The average molecular weight is 434 g/mol. The highest BCUT2D eigenvalue weighted by molar-refractivity contribution is 5.88. The quantitative estimate of drug-likeness (QED) is 0.368. The first-order valence-electron chi connectivity index (χ1n) is 10.4. The topological polar surface area (TPSA) is 146 Å². The van der Waals surface area contributed by atoms with E-state index in [1.165, 1.54) is 6.20 Å². The van der Waals surface area contributed by atoms with Crippen LogP contribution in [-0.2, 0) is 25.5 Å². The molecule has 0 aromatic carbocycles. The van der Waals surface area contributed by atoms with Gasteiger partial charge in [0.1, 0.15) is 12.3 Å². The molecule has 1 fully saturated rings. The summed E-state index contributed by atoms with van der Waals surface area (Å²) in [6, 6.07) is 1.60. The van der Waals surface area contributed by atoms with Gasteiger partial charge >= 0.3 is 6.09 Å². The molecule has 4 N–H and O–H groups in total. The number of aromatic amines is 1. The van der Waals surface area contributed by atoms with E-state index in [9.17, 15) is 24.0 Å². The minimum absolute atomic E-state index is 0.0251. The lowest BCUT2D eigenvalue weighted by Crippen LogP contribution is -2.51. The Bertz CT molecular complexity index is 837. The molecule has 1 aromatic rings. The molecule has 0 spiro atoms. The van der Waals surface area contributed by atoms with Gasteiger partial charge in [0.2, 0.25) is 11.8 Å². The fourth-order valence-corrected chi connectivity index (χ4v) is 3.40. The van der Waals surface area contributed by atoms with E-state index >= 15 is 0 Å². The van der Waals surface area contributed by atoms with Crippen molar-refractivity contribution >= 4 is 24.2 Å². The number of hydrogen-bond acceptors (Lipinski definition) is 6. The van der Waals surface area contributed by atoms with Gasteiger partial charge in [-0.2, -0.15) is 0 Å². The van der Waals surface area contributed by atoms with Gasteiger partial charge in [0, 0.05) is 30.6 Å². The van der Waals surface area contributed by atoms with E-state index in [1.54, 1.807) is 12.1 Å². The monoisotopic (exact) mass is 434 g/mol. The lowest BCUT2D eigenvalue weighted by atomic mass is 9.98. The Morgan fingerprint density at radius 3 is 2.68 bits per heavy atom. The maximum atomic E-state index is 12.7. The number of ether oxygens (including phenoxy) is 1. The molecule has 1 aliphatic rings. The molecule has 0 bridgehead atoms. The Kier molecular flexibility index (Phi) is 9.23. The summed E-state index contributed by atoms with van der Waals surface area (Å²) < 4.78 is 5.11. The van der Waals surface area contributed by atoms with E-state index in [2.05, 4.69) is 20.9 Å². The average Bonchev–Trinajstić information content (AvgIpc) is 3.12. The zero-order valence-corrected chi connectivity index (χ0v) is 17.8. The number of carbonyl (C=O) groups excluding carboxylic acids is 4. The largest absolute Gasteiger partial charge is 0.449 e. The number of amides is 3. The zero-order valence-electron chi connectivity index (χ0n) is 17.8. The SMILES string of the molecule is CC(C)C[C@H](NC(=O)OCCc1ccc[nH]c1=O)C(=O)N[C@H](C=O)C[C@@H]1CCNC1=O. The van der Waals surface area contributed by atoms with Crippen LogP contribution in [-0.4, -0.2) is 54.4 Å². The van der Waals surface area contributed by atoms with Gasteiger partial charge < -0.3 is 30.5 Å². The van der Waals surface area contributed by atoms with Crippen molar-refractivity contribution in [2.75, 3.05) is 13.2 Å². The molecule has 0 saturated carbocycles. The predicted molar refractivity (Wildman–Crippen MR) is 112 cm³/mol. The maximum absolute atomic E-state index is 12.7. The van der Waals surface area contributed by atoms with Crippen LogP contribution >= 0.6 is 0 Å². The number of aromatic nitrogens is 1. The molecular formula is C21H30N4O6. The smallest absolute Gasteiger partial charge is 0.407 e. The Labute approximate surface area is 180 Å². The van der Waals surface area contributed by atoms with E-state index in [0.717, 1.165) is 0 Å². The van der Waals surface area contributed by atoms with Gasteiger partial charge in [0.25, 0.3) is 5.56 Å². The van der Waals surface area contributed by atoms with Crippen molar-refractivity contribution in [2.45, 2.75) is 51.6 Å². The van der Waals surface area contributed by atoms with Crippen LogP contribution in [0.1, 0.15) is 38.7 Å². The molecular weight excluding hydrogens is 404 g/mol. The molecule has 1 aromatic heterocycles. The van der Waals surface area contributed by atoms with Crippen LogP contribution in [0.25, 0.3) is 0 Å². The van der Waals surface area contributed by atoms with Crippen LogP contribution in [0.4, 0.5) is 4.79 Å². The van der Waals surface area contributed by atoms with E-state index < -0.39 is 24.1 Å². The van der Waals surface area contributed by atoms with Crippen LogP contribution in [0.2, 0.25) is 0 Å². The first-order valence-corrected chi connectivity index (χ1v) is 10.4. The first kappa shape index (κ1) is 24.1. The first-order chi connectivity index (χ1) is 14.8. The summed E-state index contributed by atoms with van der Waals surface area (Å²) >= 11 is 0. The summed E-state index contributed by atoms with van der Waals surface area (Å²) in [5, 5.41) is 7.84. The highest BCUT2D eigenvalue weighted by Crippen LogP contribution is 2.16. The number of H-pyrrole nitrogens is 1. The Morgan fingerprint density at radius 2 is 2.06 bits per heavy atom. The van der Waals surface area contributed by atoms with Gasteiger partial charge in [-0.1, -0.05) is 19.9 Å². The van der Waals surface area contributed by atoms with Crippen molar-refractivity contribution in [3.8, 4) is 0 Å². The standard InChI is InChI=1S/C21H30N4O6/c1-13(2)10-17(20(29)24-16(12-26)11-15-5-8-23-19(15)28)25-21(30)31-9-6-14-4-3-7-22-18(14)27/h3-4,7,12-13,15-17H,5-6,8-11H2,1-2H3,(H,22,27)(H,23,28)(H,24,29)(H,25,30)/t15-,16-,17-/m0/s1. The van der Waals surface area contributed by atoms with E-state index in [1.807, 2.05) is 13.8 Å². The highest BCUT2D eigenvalue weighted by atomic mass is 16.5. The van der Waals surface area contributed by atoms with Crippen molar-refractivity contribution in [3.63, 3.8) is 0 Å². The van der Waals surface area contributed by atoms with Gasteiger partial charge in [0.05, 0.1) is 12.6 Å². The van der Waals surface area contributed by atoms with Crippen molar-refractivity contribution in [1.82, 2.24) is 20.9 Å². The van der Waals surface area contributed by atoms with Crippen LogP contribution in [0.3, 0.4) is 0 Å². The fraction of sp³-hybridized carbons (Fsp3) is 0.571. The zero-order chi connectivity index (χ0) is 22.8. The normalized spacial score (nSPS) is 17.5. The molecule has 2 heterocycles. The second-order valence-electron chi connectivity index (χ2n) is 8.00. The maximum Gasteiger partial charge on any atom is 0.407 e. The van der Waals surface area contributed by atoms with Crippen molar-refractivity contribution in [1.29, 1.82) is 0 Å². The van der Waals surface area contributed by atoms with Crippen molar-refractivity contribution in [3.05, 3.63) is 34.2 Å². The molecule has 10 heteroatoms. The predicted octanol–water partition coefficient (Wildman–Crippen LogP) is 0.268. The van der Waals surface area contributed by atoms with E-state index in [0.29, 0.717) is 31.2 Å². The van der Waals surface area contributed by atoms with Crippen LogP contribution in [0.15, 0.2) is 23.1 Å². The van der Waals surface area contributed by atoms with Gasteiger partial charge in [-0.05, 0) is 31.2 Å². The third-order valence-electron chi connectivity index (χ3n) is 5.01. The number of rotatable bonds is 11. The molecule has 2 rings (SSSR count). The minimum atomic E-state index is -0.896. The second kappa shape index (κ2) is 11.9. The van der Waals surface area contributed by atoms with Gasteiger partial charge in [-0.3, -0.25) is 14.4 Å². The third-order valence-corrected chi connectivity index (χ3v) is 5.01. The third kappa shape index (κ3) is 7.88. The molecule has 1 saturated heterocycles. The van der Waals surface area contributed by atoms with Crippen molar-refractivity contribution in [2.24, 2.45) is 11.8 Å². The lowest BCUT2D eigenvalue weighted by Gasteiger charge is -2.22. The number of carbonyl (C=O) groups is 4. The Balaban J connectivity index is 1.88. The lowest BCUT2D eigenvalue weighted by molar-refractivity contribution is -0.127. The van der Waals surface area contributed by atoms with Gasteiger partial charge in [-0.25, -0.2) is 4.79 Å². The Hall–Kier alpha value is -3.17. The van der Waals surface area contributed by atoms with Crippen molar-refractivity contribution < 1.29 is 23.9 Å². The van der Waals surface area contributed by atoms with E-state index in [-0.39, 0.29) is 42.8 Å². The molecule has 0 radical (unpaired) electrons. The molecule has 10 nitrogen and oxygen atoms in total. The summed E-state index contributed by atoms with van der Waals surface area (Å²) in [6.45, 7) is 4.33. The second-order valence-corrected chi connectivity index (χ2v) is 8.00. The minimum Gasteiger partial charge on any atom is -0.449 e. The fourth-order valence-electron chi connectivity index (χ4n) is 3.40. The van der Waals surface area contributed by atoms with E-state index in [4.69, 9.17) is 4.74 Å². The molecule has 3 amide bonds. The van der Waals surface area contributed by atoms with Gasteiger partial charge in [0.15, 0.2) is 0 Å². The summed E-state index contributed by atoms with van der Waals surface area (Å²) in [4.78, 5) is 62.2. The molecule has 170 valence electrons. The highest BCUT2D eigenvalue weighted by Gasteiger charge is 2.30. The number of hydrogen-bond donors (Lipinski definition) is 4. The molecule has 0 unspecified atom stereocenters. The molecule has 1 aliphatic heterocycles. The number of alkyl carbamates (subject to hydrolysis) is 1. The molecule has 31 heavy (non-hydrogen) atoms. The van der Waals surface area contributed by atoms with Gasteiger partial charge in [-0.15, -0.1) is 0 Å². The Morgan fingerprint density at radius 1 is 1.29 bits per heavy atom. The molecule has 0 aliphatic carbocycles. The summed E-state index contributed by atoms with van der Waals surface area (Å²) in [7, 11) is 0. The summed E-state index contributed by atoms with van der Waals surface area (Å²) in [5.41, 5.74) is 0.232. The number of nitrogens with one attached hydrogen (secondary N) is 4. The summed E-state index contributed by atoms with van der Waals surface area (Å²) in [6.07, 6.45) is 2.74.